The van der Waals surface area contributed by atoms with E-state index in [2.05, 4.69) is 48.2 Å². The van der Waals surface area contributed by atoms with Gasteiger partial charge in [0.2, 0.25) is 5.95 Å². The molecule has 0 amide bonds. The maximum atomic E-state index is 6.51. The van der Waals surface area contributed by atoms with Gasteiger partial charge < -0.3 is 25.7 Å². The number of aromatic nitrogens is 4. The first-order valence-corrected chi connectivity index (χ1v) is 13.1. The number of rotatable bonds is 8. The van der Waals surface area contributed by atoms with Gasteiger partial charge in [-0.3, -0.25) is 9.88 Å². The van der Waals surface area contributed by atoms with E-state index in [0.29, 0.717) is 17.6 Å². The largest absolute Gasteiger partial charge is 0.496 e. The fourth-order valence-corrected chi connectivity index (χ4v) is 4.90. The summed E-state index contributed by atoms with van der Waals surface area (Å²) in [5.74, 6) is 8.28. The standard InChI is InChI=1S/C28H34ClN9O/c1-19-16-33-23(20(2)25(19)39-4)18-38-17-22(24-26(29)34-28(31)35-27(24)38)8-5-6-11-36-12-14-37(15-13-36)21(3)32-10-7-9-30/h7,9-10,16-17H,3,6,11-15,18,30H2,1-2,4H3,(H2,31,34,35)/b9-7-,32-10-. The summed E-state index contributed by atoms with van der Waals surface area (Å²) in [5.41, 5.74) is 15.5. The van der Waals surface area contributed by atoms with Gasteiger partial charge in [-0.1, -0.05) is 30.0 Å². The van der Waals surface area contributed by atoms with Crippen LogP contribution in [-0.4, -0.2) is 75.4 Å². The molecule has 0 spiro atoms. The minimum atomic E-state index is 0.112. The fourth-order valence-electron chi connectivity index (χ4n) is 4.63. The highest BCUT2D eigenvalue weighted by atomic mass is 35.5. The zero-order chi connectivity index (χ0) is 27.9. The van der Waals surface area contributed by atoms with Crippen molar-refractivity contribution in [3.05, 3.63) is 64.6 Å². The van der Waals surface area contributed by atoms with Gasteiger partial charge in [-0.2, -0.15) is 4.98 Å². The van der Waals surface area contributed by atoms with E-state index >= 15 is 0 Å². The zero-order valence-corrected chi connectivity index (χ0v) is 23.4. The average Bonchev–Trinajstić information content (AvgIpc) is 3.26. The number of nitrogen functional groups attached to an aromatic ring is 1. The molecule has 3 aromatic heterocycles. The first kappa shape index (κ1) is 28.0. The second-order valence-corrected chi connectivity index (χ2v) is 9.61. The molecule has 0 radical (unpaired) electrons. The summed E-state index contributed by atoms with van der Waals surface area (Å²) in [4.78, 5) is 22.1. The average molecular weight is 548 g/mol. The molecular weight excluding hydrogens is 514 g/mol. The van der Waals surface area contributed by atoms with Gasteiger partial charge in [0, 0.05) is 68.9 Å². The molecule has 4 N–H and O–H groups in total. The third-order valence-electron chi connectivity index (χ3n) is 6.69. The summed E-state index contributed by atoms with van der Waals surface area (Å²) < 4.78 is 7.54. The normalized spacial score (nSPS) is 14.3. The Morgan fingerprint density at radius 3 is 2.74 bits per heavy atom. The van der Waals surface area contributed by atoms with Crippen molar-refractivity contribution in [1.29, 1.82) is 0 Å². The van der Waals surface area contributed by atoms with Crippen molar-refractivity contribution in [3.8, 4) is 17.6 Å². The van der Waals surface area contributed by atoms with Gasteiger partial charge in [0.25, 0.3) is 0 Å². The van der Waals surface area contributed by atoms with E-state index in [4.69, 9.17) is 27.8 Å². The molecule has 4 rings (SSSR count). The van der Waals surface area contributed by atoms with Crippen LogP contribution in [0.25, 0.3) is 11.0 Å². The van der Waals surface area contributed by atoms with Crippen molar-refractivity contribution in [2.24, 2.45) is 10.7 Å². The van der Waals surface area contributed by atoms with E-state index < -0.39 is 0 Å². The number of fused-ring (bicyclic) bond motifs is 1. The number of hydrogen-bond donors (Lipinski definition) is 2. The van der Waals surface area contributed by atoms with Crippen LogP contribution >= 0.6 is 11.6 Å². The molecule has 0 aliphatic carbocycles. The molecule has 0 saturated carbocycles. The monoisotopic (exact) mass is 547 g/mol. The van der Waals surface area contributed by atoms with E-state index in [1.807, 2.05) is 30.8 Å². The Balaban J connectivity index is 1.46. The Morgan fingerprint density at radius 1 is 1.26 bits per heavy atom. The van der Waals surface area contributed by atoms with Crippen LogP contribution in [-0.2, 0) is 6.54 Å². The molecule has 1 aliphatic rings. The van der Waals surface area contributed by atoms with E-state index in [1.165, 1.54) is 6.20 Å². The molecule has 39 heavy (non-hydrogen) atoms. The van der Waals surface area contributed by atoms with Crippen LogP contribution < -0.4 is 16.2 Å². The molecule has 1 aliphatic heterocycles. The van der Waals surface area contributed by atoms with Gasteiger partial charge in [0.05, 0.1) is 30.3 Å². The molecule has 10 nitrogen and oxygen atoms in total. The molecule has 3 aromatic rings. The smallest absolute Gasteiger partial charge is 0.223 e. The zero-order valence-electron chi connectivity index (χ0n) is 22.6. The van der Waals surface area contributed by atoms with Crippen molar-refractivity contribution in [2.75, 3.05) is 45.6 Å². The van der Waals surface area contributed by atoms with Crippen LogP contribution in [0.5, 0.6) is 5.75 Å². The summed E-state index contributed by atoms with van der Waals surface area (Å²) >= 11 is 6.51. The molecular formula is C28H34ClN9O. The Bertz CT molecular complexity index is 1470. The summed E-state index contributed by atoms with van der Waals surface area (Å²) in [5, 5.41) is 0.972. The van der Waals surface area contributed by atoms with Crippen LogP contribution in [0, 0.1) is 25.7 Å². The third-order valence-corrected chi connectivity index (χ3v) is 6.97. The molecule has 4 heterocycles. The summed E-state index contributed by atoms with van der Waals surface area (Å²) in [6, 6.07) is 0. The minimum Gasteiger partial charge on any atom is -0.496 e. The van der Waals surface area contributed by atoms with Gasteiger partial charge >= 0.3 is 0 Å². The van der Waals surface area contributed by atoms with Crippen molar-refractivity contribution in [2.45, 2.75) is 26.8 Å². The maximum absolute atomic E-state index is 6.51. The van der Waals surface area contributed by atoms with Gasteiger partial charge in [0.1, 0.15) is 22.4 Å². The molecule has 1 saturated heterocycles. The molecule has 0 aromatic carbocycles. The highest BCUT2D eigenvalue weighted by Crippen LogP contribution is 2.29. The number of methoxy groups -OCH3 is 1. The number of ether oxygens (including phenoxy) is 1. The summed E-state index contributed by atoms with van der Waals surface area (Å²) in [6.07, 6.45) is 9.26. The Hall–Kier alpha value is -4.07. The van der Waals surface area contributed by atoms with Gasteiger partial charge in [-0.05, 0) is 26.1 Å². The number of piperazine rings is 1. The number of hydrogen-bond acceptors (Lipinski definition) is 9. The Morgan fingerprint density at radius 2 is 2.03 bits per heavy atom. The Kier molecular flexibility index (Phi) is 9.07. The number of anilines is 1. The number of aryl methyl sites for hydroxylation is 1. The van der Waals surface area contributed by atoms with Crippen LogP contribution in [0.4, 0.5) is 5.95 Å². The lowest BCUT2D eigenvalue weighted by Crippen LogP contribution is -2.45. The van der Waals surface area contributed by atoms with Crippen LogP contribution in [0.1, 0.15) is 28.8 Å². The predicted octanol–water partition coefficient (Wildman–Crippen LogP) is 3.11. The van der Waals surface area contributed by atoms with Crippen molar-refractivity contribution in [1.82, 2.24) is 29.3 Å². The van der Waals surface area contributed by atoms with Crippen molar-refractivity contribution in [3.63, 3.8) is 0 Å². The Labute approximate surface area is 234 Å². The highest BCUT2D eigenvalue weighted by Gasteiger charge is 2.18. The number of nitrogens with two attached hydrogens (primary N) is 2. The van der Waals surface area contributed by atoms with Gasteiger partial charge in [-0.25, -0.2) is 9.98 Å². The van der Waals surface area contributed by atoms with Crippen LogP contribution in [0.15, 0.2) is 42.1 Å². The minimum absolute atomic E-state index is 0.112. The number of nitrogens with zero attached hydrogens (tertiary/aromatic N) is 7. The lowest BCUT2D eigenvalue weighted by Gasteiger charge is -2.35. The lowest BCUT2D eigenvalue weighted by molar-refractivity contribution is 0.161. The second kappa shape index (κ2) is 12.7. The highest BCUT2D eigenvalue weighted by molar-refractivity contribution is 6.34. The van der Waals surface area contributed by atoms with E-state index in [-0.39, 0.29) is 11.1 Å². The van der Waals surface area contributed by atoms with Gasteiger partial charge in [0.15, 0.2) is 0 Å². The molecule has 0 atom stereocenters. The first-order valence-electron chi connectivity index (χ1n) is 12.7. The second-order valence-electron chi connectivity index (χ2n) is 9.25. The maximum Gasteiger partial charge on any atom is 0.223 e. The van der Waals surface area contributed by atoms with Crippen LogP contribution in [0.2, 0.25) is 5.15 Å². The third kappa shape index (κ3) is 6.50. The summed E-state index contributed by atoms with van der Waals surface area (Å²) in [7, 11) is 1.67. The quantitative estimate of drug-likeness (QED) is 0.250. The first-order chi connectivity index (χ1) is 18.8. The summed E-state index contributed by atoms with van der Waals surface area (Å²) in [6.45, 7) is 12.9. The van der Waals surface area contributed by atoms with Crippen LogP contribution in [0.3, 0.4) is 0 Å². The number of aliphatic imine (C=N–C) groups is 1. The van der Waals surface area contributed by atoms with Crippen molar-refractivity contribution < 1.29 is 4.74 Å². The topological polar surface area (TPSA) is 124 Å². The molecule has 1 fully saturated rings. The van der Waals surface area contributed by atoms with E-state index in [1.54, 1.807) is 19.4 Å². The molecule has 11 heteroatoms. The predicted molar refractivity (Wildman–Crippen MR) is 157 cm³/mol. The fraction of sp³-hybridized carbons (Fsp3) is 0.357. The van der Waals surface area contributed by atoms with Crippen molar-refractivity contribution >= 4 is 34.8 Å². The lowest BCUT2D eigenvalue weighted by atomic mass is 10.1. The molecule has 0 unspecified atom stereocenters. The number of allylic oxidation sites excluding steroid dienone is 1. The number of pyridine rings is 1. The number of halogens is 1. The SMILES string of the molecule is C=C(/N=C\C=C/N)N1CCN(CCC#Cc2cn(Cc3ncc(C)c(OC)c3C)c3nc(N)nc(Cl)c23)CC1. The van der Waals surface area contributed by atoms with Gasteiger partial charge in [-0.15, -0.1) is 0 Å². The molecule has 0 bridgehead atoms. The van der Waals surface area contributed by atoms with E-state index in [9.17, 15) is 0 Å². The molecule has 204 valence electrons. The van der Waals surface area contributed by atoms with E-state index in [0.717, 1.165) is 73.1 Å².